The van der Waals surface area contributed by atoms with E-state index in [1.54, 1.807) is 27.7 Å². The van der Waals surface area contributed by atoms with Crippen LogP contribution >= 0.6 is 0 Å². The zero-order valence-corrected chi connectivity index (χ0v) is 19.0. The van der Waals surface area contributed by atoms with Gasteiger partial charge >= 0.3 is 24.5 Å². The van der Waals surface area contributed by atoms with Gasteiger partial charge in [0.1, 0.15) is 12.1 Å². The average molecular weight is 494 g/mol. The highest BCUT2D eigenvalue weighted by atomic mass is 19.4. The van der Waals surface area contributed by atoms with Gasteiger partial charge in [0.05, 0.1) is 6.07 Å². The zero-order chi connectivity index (χ0) is 26.7. The first-order valence-corrected chi connectivity index (χ1v) is 9.36. The SMILES string of the molecule is CC(C)[C@@H](C#N)N(C)C(=O)OCC(F)(F)F.CC(C)[C@@H](C(N)=O)N(C)C(=O)OCC(F)(F)F. The number of amides is 3. The van der Waals surface area contributed by atoms with Gasteiger partial charge in [-0.3, -0.25) is 14.6 Å². The maximum absolute atomic E-state index is 11.8. The minimum atomic E-state index is -4.60. The van der Waals surface area contributed by atoms with E-state index in [1.807, 2.05) is 6.07 Å². The molecule has 0 bridgehead atoms. The van der Waals surface area contributed by atoms with Crippen LogP contribution in [-0.2, 0) is 14.3 Å². The lowest BCUT2D eigenvalue weighted by atomic mass is 10.0. The Balaban J connectivity index is 0. The number of alkyl halides is 6. The largest absolute Gasteiger partial charge is 0.440 e. The summed E-state index contributed by atoms with van der Waals surface area (Å²) in [5, 5.41) is 8.72. The molecule has 0 aliphatic heterocycles. The van der Waals surface area contributed by atoms with E-state index in [-0.39, 0.29) is 11.8 Å². The molecule has 0 radical (unpaired) electrons. The topological polar surface area (TPSA) is 126 Å². The van der Waals surface area contributed by atoms with Gasteiger partial charge in [0.25, 0.3) is 0 Å². The Morgan fingerprint density at radius 3 is 1.45 bits per heavy atom. The Morgan fingerprint density at radius 2 is 1.21 bits per heavy atom. The van der Waals surface area contributed by atoms with Gasteiger partial charge in [0, 0.05) is 14.1 Å². The van der Waals surface area contributed by atoms with Crippen LogP contribution in [0.3, 0.4) is 0 Å². The van der Waals surface area contributed by atoms with Crippen LogP contribution in [0.25, 0.3) is 0 Å². The molecule has 0 saturated heterocycles. The Morgan fingerprint density at radius 1 is 0.848 bits per heavy atom. The van der Waals surface area contributed by atoms with E-state index in [4.69, 9.17) is 11.0 Å². The average Bonchev–Trinajstić information content (AvgIpc) is 2.62. The van der Waals surface area contributed by atoms with E-state index in [0.29, 0.717) is 0 Å². The van der Waals surface area contributed by atoms with Crippen molar-refractivity contribution in [2.24, 2.45) is 17.6 Å². The summed E-state index contributed by atoms with van der Waals surface area (Å²) in [6.07, 6.45) is -11.6. The third-order valence-electron chi connectivity index (χ3n) is 3.82. The second-order valence-corrected chi connectivity index (χ2v) is 7.47. The molecule has 0 spiro atoms. The smallest absolute Gasteiger partial charge is 0.422 e. The summed E-state index contributed by atoms with van der Waals surface area (Å²) in [5.41, 5.74) is 5.05. The fourth-order valence-corrected chi connectivity index (χ4v) is 2.37. The molecule has 0 rings (SSSR count). The van der Waals surface area contributed by atoms with E-state index >= 15 is 0 Å². The predicted molar refractivity (Wildman–Crippen MR) is 102 cm³/mol. The first kappa shape index (κ1) is 32.3. The number of nitriles is 1. The molecule has 9 nitrogen and oxygen atoms in total. The summed E-state index contributed by atoms with van der Waals surface area (Å²) in [4.78, 5) is 35.0. The number of likely N-dealkylation sites (N-methyl/N-ethyl adjacent to an activating group) is 1. The molecule has 0 aromatic carbocycles. The maximum Gasteiger partial charge on any atom is 0.422 e. The van der Waals surface area contributed by atoms with Crippen LogP contribution in [0.5, 0.6) is 0 Å². The van der Waals surface area contributed by atoms with E-state index in [1.165, 1.54) is 7.05 Å². The molecule has 0 aromatic rings. The molecule has 33 heavy (non-hydrogen) atoms. The number of nitrogens with zero attached hydrogens (tertiary/aromatic N) is 3. The molecule has 0 saturated carbocycles. The molecular weight excluding hydrogens is 466 g/mol. The lowest BCUT2D eigenvalue weighted by Gasteiger charge is -2.27. The normalized spacial score (nSPS) is 13.2. The van der Waals surface area contributed by atoms with Gasteiger partial charge in [-0.1, -0.05) is 27.7 Å². The highest BCUT2D eigenvalue weighted by molar-refractivity contribution is 5.84. The highest BCUT2D eigenvalue weighted by Gasteiger charge is 2.34. The number of hydrogen-bond donors (Lipinski definition) is 1. The Bertz CT molecular complexity index is 691. The number of ether oxygens (including phenoxy) is 2. The van der Waals surface area contributed by atoms with E-state index in [0.717, 1.165) is 16.8 Å². The number of hydrogen-bond acceptors (Lipinski definition) is 6. The quantitative estimate of drug-likeness (QED) is 0.542. The zero-order valence-electron chi connectivity index (χ0n) is 19.0. The van der Waals surface area contributed by atoms with E-state index < -0.39 is 55.7 Å². The van der Waals surface area contributed by atoms with Gasteiger partial charge in [-0.05, 0) is 11.8 Å². The number of carbonyl (C=O) groups is 3. The van der Waals surface area contributed by atoms with Crippen LogP contribution in [0.4, 0.5) is 35.9 Å². The van der Waals surface area contributed by atoms with Crippen LogP contribution in [0, 0.1) is 23.2 Å². The molecule has 2 atom stereocenters. The number of halogens is 6. The summed E-state index contributed by atoms with van der Waals surface area (Å²) in [6.45, 7) is 3.25. The molecule has 15 heteroatoms. The van der Waals surface area contributed by atoms with Gasteiger partial charge in [-0.25, -0.2) is 9.59 Å². The van der Waals surface area contributed by atoms with Gasteiger partial charge in [-0.2, -0.15) is 31.6 Å². The summed E-state index contributed by atoms with van der Waals surface area (Å²) in [6, 6.07) is 0.0143. The predicted octanol–water partition coefficient (Wildman–Crippen LogP) is 3.29. The van der Waals surface area contributed by atoms with Crippen LogP contribution in [0.15, 0.2) is 0 Å². The third kappa shape index (κ3) is 14.0. The van der Waals surface area contributed by atoms with Crippen molar-refractivity contribution >= 4 is 18.1 Å². The fourth-order valence-electron chi connectivity index (χ4n) is 2.37. The van der Waals surface area contributed by atoms with Crippen LogP contribution < -0.4 is 5.73 Å². The number of carbonyl (C=O) groups excluding carboxylic acids is 3. The number of rotatable bonds is 7. The molecule has 3 amide bonds. The minimum Gasteiger partial charge on any atom is -0.440 e. The molecule has 0 heterocycles. The van der Waals surface area contributed by atoms with Crippen molar-refractivity contribution in [3.63, 3.8) is 0 Å². The Labute approximate surface area is 187 Å². The molecule has 0 aromatic heterocycles. The first-order chi connectivity index (χ1) is 14.7. The highest BCUT2D eigenvalue weighted by Crippen LogP contribution is 2.17. The van der Waals surface area contributed by atoms with Crippen molar-refractivity contribution in [3.05, 3.63) is 0 Å². The fraction of sp³-hybridized carbons (Fsp3) is 0.778. The van der Waals surface area contributed by atoms with Crippen molar-refractivity contribution in [2.75, 3.05) is 27.3 Å². The van der Waals surface area contributed by atoms with Crippen LogP contribution in [0.1, 0.15) is 27.7 Å². The molecular formula is C18H28F6N4O5. The summed E-state index contributed by atoms with van der Waals surface area (Å²) in [5.74, 6) is -1.31. The van der Waals surface area contributed by atoms with Gasteiger partial charge in [-0.15, -0.1) is 0 Å². The van der Waals surface area contributed by atoms with E-state index in [2.05, 4.69) is 9.47 Å². The van der Waals surface area contributed by atoms with E-state index in [9.17, 15) is 40.7 Å². The lowest BCUT2D eigenvalue weighted by molar-refractivity contribution is -0.163. The lowest BCUT2D eigenvalue weighted by Crippen LogP contribution is -2.49. The van der Waals surface area contributed by atoms with Gasteiger partial charge in [0.15, 0.2) is 13.2 Å². The second kappa shape index (κ2) is 13.6. The molecule has 2 N–H and O–H groups in total. The van der Waals surface area contributed by atoms with Gasteiger partial charge < -0.3 is 15.2 Å². The first-order valence-electron chi connectivity index (χ1n) is 9.36. The monoisotopic (exact) mass is 494 g/mol. The van der Waals surface area contributed by atoms with Crippen LogP contribution in [-0.4, -0.2) is 79.6 Å². The summed E-state index contributed by atoms with van der Waals surface area (Å²) < 4.78 is 78.7. The van der Waals surface area contributed by atoms with Crippen molar-refractivity contribution in [3.8, 4) is 6.07 Å². The Kier molecular flexibility index (Phi) is 13.3. The molecule has 0 aliphatic rings. The summed E-state index contributed by atoms with van der Waals surface area (Å²) in [7, 11) is 2.39. The van der Waals surface area contributed by atoms with Gasteiger partial charge in [0.2, 0.25) is 5.91 Å². The molecule has 0 aliphatic carbocycles. The third-order valence-corrected chi connectivity index (χ3v) is 3.82. The molecule has 192 valence electrons. The standard InChI is InChI=1S/C9H15F3N2O3.C9H13F3N2O2/c1-5(2)6(7(13)15)14(3)8(16)17-4-9(10,11)12;1-6(2)7(4-13)14(3)8(15)16-5-9(10,11)12/h5-6H,4H2,1-3H3,(H2,13,15);6-7H,5H2,1-3H3/t6-;7-/m01/s1. The minimum absolute atomic E-state index is 0.187. The summed E-state index contributed by atoms with van der Waals surface area (Å²) >= 11 is 0. The van der Waals surface area contributed by atoms with Crippen molar-refractivity contribution in [1.29, 1.82) is 5.26 Å². The molecule has 0 fully saturated rings. The van der Waals surface area contributed by atoms with Crippen molar-refractivity contribution in [1.82, 2.24) is 9.80 Å². The maximum atomic E-state index is 11.8. The molecule has 0 unspecified atom stereocenters. The Hall–Kier alpha value is -2.92. The number of nitrogens with two attached hydrogens (primary N) is 1. The second-order valence-electron chi connectivity index (χ2n) is 7.47. The van der Waals surface area contributed by atoms with Crippen LogP contribution in [0.2, 0.25) is 0 Å². The van der Waals surface area contributed by atoms with Crippen molar-refractivity contribution < 1.29 is 50.2 Å². The number of primary amides is 1. The van der Waals surface area contributed by atoms with Crippen molar-refractivity contribution in [2.45, 2.75) is 52.1 Å².